The van der Waals surface area contributed by atoms with Crippen LogP contribution in [0.1, 0.15) is 41.4 Å². The number of benzene rings is 2. The van der Waals surface area contributed by atoms with Gasteiger partial charge in [-0.15, -0.1) is 0 Å². The van der Waals surface area contributed by atoms with Crippen molar-refractivity contribution in [1.29, 1.82) is 0 Å². The molecule has 0 saturated heterocycles. The zero-order chi connectivity index (χ0) is 18.8. The molecule has 0 aliphatic heterocycles. The van der Waals surface area contributed by atoms with Crippen LogP contribution in [0, 0.1) is 6.07 Å². The molecule has 0 saturated carbocycles. The van der Waals surface area contributed by atoms with E-state index in [1.165, 1.54) is 5.56 Å². The van der Waals surface area contributed by atoms with Crippen LogP contribution in [-0.4, -0.2) is 15.5 Å². The maximum atomic E-state index is 12.0. The Morgan fingerprint density at radius 3 is 2.81 bits per heavy atom. The van der Waals surface area contributed by atoms with E-state index in [0.29, 0.717) is 12.1 Å². The monoisotopic (exact) mass is 356 g/mol. The van der Waals surface area contributed by atoms with Crippen molar-refractivity contribution in [2.24, 2.45) is 5.73 Å². The zero-order valence-electron chi connectivity index (χ0n) is 15.4. The van der Waals surface area contributed by atoms with Gasteiger partial charge in [-0.25, -0.2) is 0 Å². The first-order valence-electron chi connectivity index (χ1n) is 9.34. The molecule has 4 nitrogen and oxygen atoms in total. The van der Waals surface area contributed by atoms with Crippen LogP contribution in [0.2, 0.25) is 0 Å². The zero-order valence-corrected chi connectivity index (χ0v) is 15.4. The van der Waals surface area contributed by atoms with E-state index in [-0.39, 0.29) is 0 Å². The molecule has 0 fully saturated rings. The fourth-order valence-electron chi connectivity index (χ4n) is 3.65. The lowest BCUT2D eigenvalue weighted by atomic mass is 10.0. The smallest absolute Gasteiger partial charge is 0.249 e. The largest absolute Gasteiger partial charge is 0.366 e. The molecule has 4 heteroatoms. The first-order valence-corrected chi connectivity index (χ1v) is 9.34. The van der Waals surface area contributed by atoms with Gasteiger partial charge in [-0.2, -0.15) is 0 Å². The molecule has 0 unspecified atom stereocenters. The summed E-state index contributed by atoms with van der Waals surface area (Å²) in [5.41, 5.74) is 10.5. The normalized spacial score (nSPS) is 11.3. The van der Waals surface area contributed by atoms with Gasteiger partial charge in [-0.1, -0.05) is 31.5 Å². The van der Waals surface area contributed by atoms with Gasteiger partial charge in [-0.3, -0.25) is 9.78 Å². The van der Waals surface area contributed by atoms with Crippen LogP contribution in [0.4, 0.5) is 0 Å². The minimum Gasteiger partial charge on any atom is -0.366 e. The summed E-state index contributed by atoms with van der Waals surface area (Å²) in [4.78, 5) is 16.5. The predicted molar refractivity (Wildman–Crippen MR) is 109 cm³/mol. The van der Waals surface area contributed by atoms with Crippen LogP contribution in [0.15, 0.2) is 54.7 Å². The number of nitrogens with zero attached hydrogens (tertiary/aromatic N) is 2. The summed E-state index contributed by atoms with van der Waals surface area (Å²) < 4.78 is 2.21. The third-order valence-electron chi connectivity index (χ3n) is 4.98. The van der Waals surface area contributed by atoms with Gasteiger partial charge in [0, 0.05) is 22.5 Å². The second kappa shape index (κ2) is 7.23. The topological polar surface area (TPSA) is 60.9 Å². The first kappa shape index (κ1) is 17.3. The van der Waals surface area contributed by atoms with Crippen molar-refractivity contribution in [2.45, 2.75) is 32.7 Å². The summed E-state index contributed by atoms with van der Waals surface area (Å²) in [6, 6.07) is 19.3. The number of aromatic nitrogens is 2. The number of primary amides is 1. The molecule has 0 bridgehead atoms. The number of nitrogens with two attached hydrogens (primary N) is 1. The fraction of sp³-hybridized carbons (Fsp3) is 0.217. The number of hydrogen-bond acceptors (Lipinski definition) is 2. The molecule has 2 aromatic carbocycles. The Morgan fingerprint density at radius 1 is 1.19 bits per heavy atom. The SMILES string of the molecule is CCCCc1c[c]c2c3c(C(N)=O)cccc3n(Cc3ccccn3)c2c1. The highest BCUT2D eigenvalue weighted by atomic mass is 16.1. The van der Waals surface area contributed by atoms with Crippen LogP contribution >= 0.6 is 0 Å². The summed E-state index contributed by atoms with van der Waals surface area (Å²) >= 11 is 0. The number of pyridine rings is 1. The Labute approximate surface area is 158 Å². The van der Waals surface area contributed by atoms with E-state index in [9.17, 15) is 4.79 Å². The molecule has 135 valence electrons. The van der Waals surface area contributed by atoms with Gasteiger partial charge in [0.25, 0.3) is 0 Å². The lowest BCUT2D eigenvalue weighted by Gasteiger charge is -2.08. The molecule has 1 radical (unpaired) electrons. The van der Waals surface area contributed by atoms with Crippen molar-refractivity contribution >= 4 is 27.7 Å². The minimum atomic E-state index is -0.416. The number of carbonyl (C=O) groups excluding carboxylic acids is 1. The molecule has 4 rings (SSSR count). The molecule has 1 amide bonds. The molecule has 2 aromatic heterocycles. The van der Waals surface area contributed by atoms with Gasteiger partial charge in [0.1, 0.15) is 0 Å². The summed E-state index contributed by atoms with van der Waals surface area (Å²) in [5.74, 6) is -0.416. The van der Waals surface area contributed by atoms with Gasteiger partial charge in [0.05, 0.1) is 23.3 Å². The van der Waals surface area contributed by atoms with E-state index >= 15 is 0 Å². The van der Waals surface area contributed by atoms with Crippen molar-refractivity contribution in [1.82, 2.24) is 9.55 Å². The number of unbranched alkanes of at least 4 members (excludes halogenated alkanes) is 1. The lowest BCUT2D eigenvalue weighted by Crippen LogP contribution is -2.11. The number of amides is 1. The Morgan fingerprint density at radius 2 is 2.07 bits per heavy atom. The molecule has 0 aliphatic carbocycles. The van der Waals surface area contributed by atoms with E-state index in [1.54, 1.807) is 12.3 Å². The minimum absolute atomic E-state index is 0.416. The van der Waals surface area contributed by atoms with E-state index in [2.05, 4.69) is 28.6 Å². The lowest BCUT2D eigenvalue weighted by molar-refractivity contribution is 0.100. The van der Waals surface area contributed by atoms with Crippen molar-refractivity contribution in [3.63, 3.8) is 0 Å². The van der Waals surface area contributed by atoms with Crippen LogP contribution in [0.3, 0.4) is 0 Å². The fourth-order valence-corrected chi connectivity index (χ4v) is 3.65. The second-order valence-corrected chi connectivity index (χ2v) is 6.84. The maximum absolute atomic E-state index is 12.0. The third-order valence-corrected chi connectivity index (χ3v) is 4.98. The highest BCUT2D eigenvalue weighted by Gasteiger charge is 2.17. The summed E-state index contributed by atoms with van der Waals surface area (Å²) in [5, 5.41) is 1.81. The molecule has 4 aromatic rings. The Hall–Kier alpha value is -3.14. The predicted octanol–water partition coefficient (Wildman–Crippen LogP) is 4.48. The number of hydrogen-bond donors (Lipinski definition) is 1. The number of carbonyl (C=O) groups is 1. The second-order valence-electron chi connectivity index (χ2n) is 6.84. The Bertz CT molecular complexity index is 1110. The maximum Gasteiger partial charge on any atom is 0.249 e. The summed E-state index contributed by atoms with van der Waals surface area (Å²) in [6.45, 7) is 2.83. The molecular weight excluding hydrogens is 334 g/mol. The Balaban J connectivity index is 1.98. The van der Waals surface area contributed by atoms with Gasteiger partial charge >= 0.3 is 0 Å². The number of aryl methyl sites for hydroxylation is 1. The molecule has 0 atom stereocenters. The van der Waals surface area contributed by atoms with E-state index in [4.69, 9.17) is 5.73 Å². The van der Waals surface area contributed by atoms with Gasteiger partial charge in [-0.05, 0) is 54.8 Å². The number of rotatable bonds is 6. The van der Waals surface area contributed by atoms with Crippen LogP contribution in [0.25, 0.3) is 21.8 Å². The van der Waals surface area contributed by atoms with Gasteiger partial charge in [0.2, 0.25) is 5.91 Å². The summed E-state index contributed by atoms with van der Waals surface area (Å²) in [6.07, 6.45) is 5.13. The summed E-state index contributed by atoms with van der Waals surface area (Å²) in [7, 11) is 0. The van der Waals surface area contributed by atoms with Gasteiger partial charge in [0.15, 0.2) is 0 Å². The number of fused-ring (bicyclic) bond motifs is 3. The third kappa shape index (κ3) is 3.19. The molecular formula is C23H22N3O. The molecule has 0 aliphatic rings. The highest BCUT2D eigenvalue weighted by Crippen LogP contribution is 2.32. The van der Waals surface area contributed by atoms with Crippen molar-refractivity contribution in [3.05, 3.63) is 77.6 Å². The van der Waals surface area contributed by atoms with E-state index in [1.807, 2.05) is 36.4 Å². The highest BCUT2D eigenvalue weighted by molar-refractivity contribution is 6.17. The first-order chi connectivity index (χ1) is 13.2. The standard InChI is InChI=1S/C23H22N3O/c1-2-3-7-16-11-12-18-21(14-16)26(15-17-8-4-5-13-25-17)20-10-6-9-19(22(18)20)23(24)27/h4-6,8-11,13-14H,2-3,7,15H2,1H3,(H2,24,27). The Kier molecular flexibility index (Phi) is 4.63. The van der Waals surface area contributed by atoms with Crippen molar-refractivity contribution in [3.8, 4) is 0 Å². The van der Waals surface area contributed by atoms with Crippen LogP contribution in [-0.2, 0) is 13.0 Å². The van der Waals surface area contributed by atoms with E-state index < -0.39 is 5.91 Å². The quantitative estimate of drug-likeness (QED) is 0.554. The van der Waals surface area contributed by atoms with E-state index in [0.717, 1.165) is 46.8 Å². The molecule has 0 spiro atoms. The van der Waals surface area contributed by atoms with Crippen LogP contribution in [0.5, 0.6) is 0 Å². The van der Waals surface area contributed by atoms with Crippen LogP contribution < -0.4 is 5.73 Å². The average molecular weight is 356 g/mol. The molecule has 27 heavy (non-hydrogen) atoms. The van der Waals surface area contributed by atoms with Crippen molar-refractivity contribution < 1.29 is 4.79 Å². The van der Waals surface area contributed by atoms with Gasteiger partial charge < -0.3 is 10.3 Å². The van der Waals surface area contributed by atoms with Crippen molar-refractivity contribution in [2.75, 3.05) is 0 Å². The molecule has 2 N–H and O–H groups in total. The average Bonchev–Trinajstić information content (AvgIpc) is 3.00. The molecule has 2 heterocycles.